The van der Waals surface area contributed by atoms with Crippen LogP contribution in [0, 0.1) is 0 Å². The van der Waals surface area contributed by atoms with Gasteiger partial charge in [0.25, 0.3) is 0 Å². The Morgan fingerprint density at radius 2 is 1.50 bits per heavy atom. The first-order valence-electron chi connectivity index (χ1n) is 0.667. The zero-order valence-corrected chi connectivity index (χ0v) is 5.46. The Kier molecular flexibility index (Phi) is 329. The summed E-state index contributed by atoms with van der Waals surface area (Å²) in [7, 11) is 0.500. The van der Waals surface area contributed by atoms with E-state index in [1.165, 1.54) is 0 Å². The van der Waals surface area contributed by atoms with Gasteiger partial charge in [-0.3, -0.25) is 4.39 Å². The van der Waals surface area contributed by atoms with Crippen molar-refractivity contribution in [2.24, 2.45) is 0 Å². The van der Waals surface area contributed by atoms with Crippen LogP contribution in [0.5, 0.6) is 0 Å². The number of alkyl halides is 1. The fourth-order valence-corrected chi connectivity index (χ4v) is 0. The molecule has 0 aliphatic rings. The summed E-state index contributed by atoms with van der Waals surface area (Å²) < 4.78 is 17.9. The molecule has 22 valence electrons. The Morgan fingerprint density at radius 3 is 1.50 bits per heavy atom. The predicted molar refractivity (Wildman–Crippen MR) is 7.72 cm³/mol. The standard InChI is InChI=1S/CH3F.O.Zn/c1-2;;/h1H3;;. The van der Waals surface area contributed by atoms with Crippen molar-refractivity contribution in [2.75, 3.05) is 7.18 Å². The number of hydrogen-bond acceptors (Lipinski definition) is 1. The van der Waals surface area contributed by atoms with Gasteiger partial charge in [0.2, 0.25) is 0 Å². The van der Waals surface area contributed by atoms with Crippen molar-refractivity contribution in [1.82, 2.24) is 0 Å². The van der Waals surface area contributed by atoms with Gasteiger partial charge >= 0.3 is 21.8 Å². The van der Waals surface area contributed by atoms with Crippen molar-refractivity contribution in [3.8, 4) is 0 Å². The van der Waals surface area contributed by atoms with Crippen LogP contribution in [-0.4, -0.2) is 7.18 Å². The van der Waals surface area contributed by atoms with Crippen molar-refractivity contribution in [2.45, 2.75) is 0 Å². The molecule has 1 nitrogen and oxygen atoms in total. The molecule has 0 rings (SSSR count). The molecule has 0 aliphatic carbocycles. The summed E-state index contributed by atoms with van der Waals surface area (Å²) >= 11 is 0.125. The molecule has 0 heterocycles. The number of halogens is 1. The minimum atomic E-state index is 0.125. The van der Waals surface area contributed by atoms with Gasteiger partial charge in [-0.2, -0.15) is 0 Å². The van der Waals surface area contributed by atoms with Gasteiger partial charge in [0, 0.05) is 0 Å². The third kappa shape index (κ3) is 34.5. The van der Waals surface area contributed by atoms with E-state index in [1.54, 1.807) is 0 Å². The molecule has 0 spiro atoms. The zero-order chi connectivity index (χ0) is 4.00. The second-order valence-corrected chi connectivity index (χ2v) is 0. The summed E-state index contributed by atoms with van der Waals surface area (Å²) in [5.41, 5.74) is 0. The summed E-state index contributed by atoms with van der Waals surface area (Å²) in [6, 6.07) is 0. The van der Waals surface area contributed by atoms with E-state index in [2.05, 4.69) is 0 Å². The molecule has 0 aliphatic heterocycles. The van der Waals surface area contributed by atoms with Gasteiger partial charge in [-0.15, -0.1) is 0 Å². The van der Waals surface area contributed by atoms with E-state index < -0.39 is 0 Å². The van der Waals surface area contributed by atoms with Crippen LogP contribution in [0.4, 0.5) is 4.39 Å². The van der Waals surface area contributed by atoms with E-state index in [0.717, 1.165) is 0 Å². The monoisotopic (exact) mass is 114 g/mol. The average molecular weight is 115 g/mol. The first-order valence-corrected chi connectivity index (χ1v) is 1.88. The molecule has 0 saturated carbocycles. The van der Waals surface area contributed by atoms with Gasteiger partial charge in [-0.25, -0.2) is 0 Å². The van der Waals surface area contributed by atoms with Crippen LogP contribution in [0.25, 0.3) is 0 Å². The molecule has 0 aromatic rings. The van der Waals surface area contributed by atoms with Crippen LogP contribution in [0.2, 0.25) is 0 Å². The molecule has 0 radical (unpaired) electrons. The van der Waals surface area contributed by atoms with Crippen LogP contribution in [-0.2, 0) is 21.8 Å². The Labute approximate surface area is 34.1 Å². The quantitative estimate of drug-likeness (QED) is 0.419. The zero-order valence-electron chi connectivity index (χ0n) is 2.49. The maximum atomic E-state index is 9.50. The first-order chi connectivity index (χ1) is 2.00. The number of rotatable bonds is 0. The molecule has 0 unspecified atom stereocenters. The Morgan fingerprint density at radius 1 is 1.50 bits per heavy atom. The Balaban J connectivity index is 0. The molecule has 3 heteroatoms. The third-order valence-electron chi connectivity index (χ3n) is 0. The fourth-order valence-electron chi connectivity index (χ4n) is 0. The Bertz CT molecular complexity index is 8.00. The van der Waals surface area contributed by atoms with E-state index in [1.807, 2.05) is 0 Å². The van der Waals surface area contributed by atoms with E-state index >= 15 is 0 Å². The van der Waals surface area contributed by atoms with Gasteiger partial charge in [-0.1, -0.05) is 0 Å². The van der Waals surface area contributed by atoms with Gasteiger partial charge in [0.1, 0.15) is 0 Å². The van der Waals surface area contributed by atoms with Gasteiger partial charge in [0.05, 0.1) is 7.18 Å². The third-order valence-corrected chi connectivity index (χ3v) is 0. The number of hydrogen-bond donors (Lipinski definition) is 0. The van der Waals surface area contributed by atoms with E-state index in [4.69, 9.17) is 3.57 Å². The Hall–Kier alpha value is 0.353. The second-order valence-electron chi connectivity index (χ2n) is 0. The molecule has 0 atom stereocenters. The summed E-state index contributed by atoms with van der Waals surface area (Å²) in [6.07, 6.45) is 0. The van der Waals surface area contributed by atoms with Crippen LogP contribution >= 0.6 is 0 Å². The SMILES string of the molecule is CF.[O]=[Zn]. The maximum absolute atomic E-state index is 9.50. The van der Waals surface area contributed by atoms with Crippen molar-refractivity contribution in [3.05, 3.63) is 0 Å². The molecule has 0 amide bonds. The van der Waals surface area contributed by atoms with Crippen molar-refractivity contribution >= 4 is 0 Å². The summed E-state index contributed by atoms with van der Waals surface area (Å²) in [4.78, 5) is 0. The first kappa shape index (κ1) is 8.84. The summed E-state index contributed by atoms with van der Waals surface area (Å²) in [6.45, 7) is 0. The molecular weight excluding hydrogens is 112 g/mol. The van der Waals surface area contributed by atoms with E-state index in [-0.39, 0.29) is 18.3 Å². The van der Waals surface area contributed by atoms with Gasteiger partial charge in [0.15, 0.2) is 0 Å². The van der Waals surface area contributed by atoms with Crippen LogP contribution < -0.4 is 0 Å². The molecule has 0 bridgehead atoms. The predicted octanol–water partition coefficient (Wildman–Crippen LogP) is 0.464. The van der Waals surface area contributed by atoms with E-state index in [0.29, 0.717) is 7.18 Å². The van der Waals surface area contributed by atoms with Crippen LogP contribution in [0.3, 0.4) is 0 Å². The molecule has 0 aromatic carbocycles. The van der Waals surface area contributed by atoms with Crippen molar-refractivity contribution < 1.29 is 26.2 Å². The molecule has 0 saturated heterocycles. The van der Waals surface area contributed by atoms with Crippen LogP contribution in [0.15, 0.2) is 0 Å². The molecular formula is CH3FOZn. The normalized spacial score (nSPS) is 3.00. The second kappa shape index (κ2) is 149. The van der Waals surface area contributed by atoms with Crippen LogP contribution in [0.1, 0.15) is 0 Å². The molecule has 0 fully saturated rings. The summed E-state index contributed by atoms with van der Waals surface area (Å²) in [5.74, 6) is 0. The van der Waals surface area contributed by atoms with E-state index in [9.17, 15) is 4.39 Å². The van der Waals surface area contributed by atoms with Crippen molar-refractivity contribution in [1.29, 1.82) is 0 Å². The fraction of sp³-hybridized carbons (Fsp3) is 1.00. The average Bonchev–Trinajstić information content (AvgIpc) is 1.50. The topological polar surface area (TPSA) is 17.1 Å². The van der Waals surface area contributed by atoms with Gasteiger partial charge < -0.3 is 0 Å². The minimum absolute atomic E-state index is 0.125. The van der Waals surface area contributed by atoms with Crippen molar-refractivity contribution in [3.63, 3.8) is 0 Å². The van der Waals surface area contributed by atoms with Gasteiger partial charge in [-0.05, 0) is 0 Å². The summed E-state index contributed by atoms with van der Waals surface area (Å²) in [5, 5.41) is 0. The molecule has 0 aromatic heterocycles. The molecule has 0 N–H and O–H groups in total. The molecule has 4 heavy (non-hydrogen) atoms.